The monoisotopic (exact) mass is 443 g/mol. The molecule has 7 nitrogen and oxygen atoms in total. The number of hydrogen-bond acceptors (Lipinski definition) is 6. The van der Waals surface area contributed by atoms with Crippen LogP contribution in [0.15, 0.2) is 29.3 Å². The van der Waals surface area contributed by atoms with Crippen molar-refractivity contribution >= 4 is 40.4 Å². The highest BCUT2D eigenvalue weighted by Gasteiger charge is 2.24. The van der Waals surface area contributed by atoms with Crippen molar-refractivity contribution in [2.75, 3.05) is 38.1 Å². The summed E-state index contributed by atoms with van der Waals surface area (Å²) in [5.41, 5.74) is 3.47. The van der Waals surface area contributed by atoms with Crippen molar-refractivity contribution in [2.24, 2.45) is 4.99 Å². The number of carbonyl (C=O) groups is 2. The van der Waals surface area contributed by atoms with Gasteiger partial charge in [0.15, 0.2) is 5.78 Å². The first kappa shape index (κ1) is 21.4. The fourth-order valence-corrected chi connectivity index (χ4v) is 4.18. The first-order chi connectivity index (χ1) is 14.9. The second kappa shape index (κ2) is 8.72. The van der Waals surface area contributed by atoms with E-state index in [9.17, 15) is 14.0 Å². The molecule has 0 unspecified atom stereocenters. The number of amides is 1. The molecule has 162 valence electrons. The maximum Gasteiger partial charge on any atom is 0.269 e. The van der Waals surface area contributed by atoms with Crippen LogP contribution >= 0.6 is 11.6 Å². The van der Waals surface area contributed by atoms with Gasteiger partial charge in [-0.15, -0.1) is 0 Å². The van der Waals surface area contributed by atoms with Gasteiger partial charge >= 0.3 is 0 Å². The topological polar surface area (TPSA) is 77.9 Å². The second-order valence-electron chi connectivity index (χ2n) is 7.68. The van der Waals surface area contributed by atoms with Crippen LogP contribution in [-0.2, 0) is 17.8 Å². The number of aromatic nitrogens is 1. The lowest BCUT2D eigenvalue weighted by molar-refractivity contribution is -0.112. The lowest BCUT2D eigenvalue weighted by Crippen LogP contribution is -2.46. The van der Waals surface area contributed by atoms with Gasteiger partial charge in [-0.05, 0) is 30.7 Å². The molecular formula is C22H23ClFN5O2. The fourth-order valence-electron chi connectivity index (χ4n) is 3.89. The number of hydrogen-bond donors (Lipinski definition) is 1. The summed E-state index contributed by atoms with van der Waals surface area (Å²) in [7, 11) is 1.48. The van der Waals surface area contributed by atoms with E-state index in [1.807, 2.05) is 17.0 Å². The fraction of sp³-hybridized carbons (Fsp3) is 0.364. The van der Waals surface area contributed by atoms with Crippen molar-refractivity contribution < 1.29 is 14.0 Å². The number of fused-ring (bicyclic) bond motifs is 1. The zero-order chi connectivity index (χ0) is 22.1. The zero-order valence-corrected chi connectivity index (χ0v) is 18.2. The van der Waals surface area contributed by atoms with Gasteiger partial charge in [-0.2, -0.15) is 4.39 Å². The quantitative estimate of drug-likeness (QED) is 0.735. The Morgan fingerprint density at radius 3 is 2.61 bits per heavy atom. The van der Waals surface area contributed by atoms with Crippen LogP contribution in [0, 0.1) is 5.95 Å². The van der Waals surface area contributed by atoms with Gasteiger partial charge in [0.25, 0.3) is 5.91 Å². The highest BCUT2D eigenvalue weighted by Crippen LogP contribution is 2.34. The highest BCUT2D eigenvalue weighted by atomic mass is 35.5. The number of aliphatic imine (C=N–C) groups is 1. The molecule has 0 aliphatic carbocycles. The summed E-state index contributed by atoms with van der Waals surface area (Å²) in [5.74, 6) is -1.06. The predicted octanol–water partition coefficient (Wildman–Crippen LogP) is 2.77. The molecule has 2 aromatic rings. The Hall–Kier alpha value is -2.84. The average molecular weight is 444 g/mol. The van der Waals surface area contributed by atoms with Gasteiger partial charge < -0.3 is 10.2 Å². The molecule has 4 rings (SSSR count). The first-order valence-electron chi connectivity index (χ1n) is 10.1. The van der Waals surface area contributed by atoms with Crippen molar-refractivity contribution in [1.29, 1.82) is 0 Å². The molecular weight excluding hydrogens is 421 g/mol. The van der Waals surface area contributed by atoms with E-state index in [0.29, 0.717) is 36.1 Å². The van der Waals surface area contributed by atoms with Gasteiger partial charge in [-0.1, -0.05) is 17.7 Å². The number of benzene rings is 1. The molecule has 1 fully saturated rings. The van der Waals surface area contributed by atoms with E-state index in [1.54, 1.807) is 13.0 Å². The van der Waals surface area contributed by atoms with Crippen LogP contribution in [0.25, 0.3) is 0 Å². The van der Waals surface area contributed by atoms with Crippen LogP contribution in [0.5, 0.6) is 0 Å². The van der Waals surface area contributed by atoms with E-state index >= 15 is 0 Å². The summed E-state index contributed by atoms with van der Waals surface area (Å²) in [4.78, 5) is 35.9. The molecule has 1 aromatic carbocycles. The van der Waals surface area contributed by atoms with Crippen LogP contribution in [0.2, 0.25) is 5.02 Å². The summed E-state index contributed by atoms with van der Waals surface area (Å²) in [5, 5.41) is 3.04. The molecule has 2 aliphatic rings. The molecule has 1 aromatic heterocycles. The number of ketones is 1. The summed E-state index contributed by atoms with van der Waals surface area (Å²) in [6, 6.07) is 7.00. The average Bonchev–Trinajstić information content (AvgIpc) is 2.77. The third-order valence-corrected chi connectivity index (χ3v) is 6.19. The minimum absolute atomic E-state index is 0.00163. The Kier molecular flexibility index (Phi) is 6.02. The van der Waals surface area contributed by atoms with E-state index in [1.165, 1.54) is 13.1 Å². The van der Waals surface area contributed by atoms with Crippen LogP contribution < -0.4 is 10.2 Å². The number of rotatable bonds is 4. The number of anilines is 1. The van der Waals surface area contributed by atoms with Crippen LogP contribution in [0.4, 0.5) is 15.8 Å². The van der Waals surface area contributed by atoms with Crippen molar-refractivity contribution in [2.45, 2.75) is 19.9 Å². The Bertz CT molecular complexity index is 1080. The van der Waals surface area contributed by atoms with Crippen LogP contribution in [0.1, 0.15) is 28.5 Å². The molecule has 9 heteroatoms. The molecule has 0 saturated carbocycles. The summed E-state index contributed by atoms with van der Waals surface area (Å²) in [6.07, 6.45) is 0.281. The van der Waals surface area contributed by atoms with E-state index in [2.05, 4.69) is 20.2 Å². The highest BCUT2D eigenvalue weighted by molar-refractivity contribution is 6.42. The van der Waals surface area contributed by atoms with Gasteiger partial charge in [-0.25, -0.2) is 9.98 Å². The molecule has 1 amide bonds. The Labute approximate surface area is 184 Å². The van der Waals surface area contributed by atoms with Crippen LogP contribution in [0.3, 0.4) is 0 Å². The molecule has 1 N–H and O–H groups in total. The first-order valence-corrected chi connectivity index (χ1v) is 10.5. The van der Waals surface area contributed by atoms with Crippen molar-refractivity contribution in [1.82, 2.24) is 15.2 Å². The van der Waals surface area contributed by atoms with E-state index in [4.69, 9.17) is 11.6 Å². The summed E-state index contributed by atoms with van der Waals surface area (Å²) in [6.45, 7) is 5.07. The molecule has 1 saturated heterocycles. The lowest BCUT2D eigenvalue weighted by atomic mass is 9.98. The normalized spacial score (nSPS) is 16.7. The maximum absolute atomic E-state index is 14.4. The van der Waals surface area contributed by atoms with E-state index in [0.717, 1.165) is 29.9 Å². The van der Waals surface area contributed by atoms with Gasteiger partial charge in [0.05, 0.1) is 22.1 Å². The molecule has 2 aliphatic heterocycles. The molecule has 0 spiro atoms. The number of halogens is 2. The minimum atomic E-state index is -0.646. The maximum atomic E-state index is 14.4. The smallest absolute Gasteiger partial charge is 0.269 e. The third-order valence-electron chi connectivity index (χ3n) is 5.72. The number of nitrogens with zero attached hydrogens (tertiary/aromatic N) is 4. The predicted molar refractivity (Wildman–Crippen MR) is 118 cm³/mol. The Morgan fingerprint density at radius 2 is 1.94 bits per heavy atom. The molecule has 0 bridgehead atoms. The van der Waals surface area contributed by atoms with E-state index < -0.39 is 11.9 Å². The largest absolute Gasteiger partial charge is 0.365 e. The SMILES string of the molecule is CNC(=O)c1ccc(N2CCN(Cc3ccc4c(c3Cl)CC(=O)C(C)=N4)CC2)c(F)n1. The zero-order valence-electron chi connectivity index (χ0n) is 17.4. The molecule has 31 heavy (non-hydrogen) atoms. The second-order valence-corrected chi connectivity index (χ2v) is 8.06. The number of carbonyl (C=O) groups excluding carboxylic acids is 2. The molecule has 3 heterocycles. The molecule has 0 radical (unpaired) electrons. The van der Waals surface area contributed by atoms with Crippen molar-refractivity contribution in [3.63, 3.8) is 0 Å². The summed E-state index contributed by atoms with van der Waals surface area (Å²) < 4.78 is 14.4. The van der Waals surface area contributed by atoms with Gasteiger partial charge in [0.2, 0.25) is 5.95 Å². The standard InChI is InChI=1S/C22H23ClFN5O2/c1-13-19(30)11-15-16(26-13)4-3-14(20(15)23)12-28-7-9-29(10-8-28)18-6-5-17(22(31)25-2)27-21(18)24/h3-6H,7-12H2,1-2H3,(H,25,31). The van der Waals surface area contributed by atoms with E-state index in [-0.39, 0.29) is 17.9 Å². The van der Waals surface area contributed by atoms with Crippen molar-refractivity contribution in [3.05, 3.63) is 52.1 Å². The Morgan fingerprint density at radius 1 is 1.19 bits per heavy atom. The van der Waals surface area contributed by atoms with Crippen molar-refractivity contribution in [3.8, 4) is 0 Å². The van der Waals surface area contributed by atoms with Crippen LogP contribution in [-0.4, -0.2) is 60.5 Å². The number of pyridine rings is 1. The minimum Gasteiger partial charge on any atom is -0.365 e. The van der Waals surface area contributed by atoms with Gasteiger partial charge in [0, 0.05) is 51.8 Å². The number of nitrogens with one attached hydrogen (secondary N) is 1. The Balaban J connectivity index is 1.42. The summed E-state index contributed by atoms with van der Waals surface area (Å²) >= 11 is 6.61. The lowest BCUT2D eigenvalue weighted by Gasteiger charge is -2.36. The van der Waals surface area contributed by atoms with Gasteiger partial charge in [0.1, 0.15) is 5.69 Å². The van der Waals surface area contributed by atoms with Gasteiger partial charge in [-0.3, -0.25) is 14.5 Å². The third kappa shape index (κ3) is 4.31. The molecule has 0 atom stereocenters. The number of Topliss-reactive ketones (excluding diaryl/α,β-unsaturated/α-hetero) is 1. The number of piperazine rings is 1.